The molecule has 0 bridgehead atoms. The van der Waals surface area contributed by atoms with Crippen molar-refractivity contribution in [3.8, 4) is 17.0 Å². The number of halogens is 2. The molecule has 208 valence electrons. The van der Waals surface area contributed by atoms with Gasteiger partial charge >= 0.3 is 5.69 Å². The number of fused-ring (bicyclic) bond motifs is 1. The first-order chi connectivity index (χ1) is 19.2. The maximum absolute atomic E-state index is 15.1. The Kier molecular flexibility index (Phi) is 5.57. The van der Waals surface area contributed by atoms with E-state index >= 15 is 4.39 Å². The maximum atomic E-state index is 15.1. The van der Waals surface area contributed by atoms with Crippen LogP contribution in [0.5, 0.6) is 5.75 Å². The van der Waals surface area contributed by atoms with Crippen molar-refractivity contribution in [3.05, 3.63) is 58.2 Å². The van der Waals surface area contributed by atoms with E-state index in [1.54, 1.807) is 27.7 Å². The molecule has 3 aromatic rings. The lowest BCUT2D eigenvalue weighted by molar-refractivity contribution is -0.127. The Labute approximate surface area is 235 Å². The predicted molar refractivity (Wildman–Crippen MR) is 148 cm³/mol. The van der Waals surface area contributed by atoms with E-state index in [9.17, 15) is 9.59 Å². The van der Waals surface area contributed by atoms with E-state index < -0.39 is 17.0 Å². The summed E-state index contributed by atoms with van der Waals surface area (Å²) >= 11 is 7.00. The summed E-state index contributed by atoms with van der Waals surface area (Å²) in [7, 11) is 0. The number of benzene rings is 1. The van der Waals surface area contributed by atoms with Crippen LogP contribution in [0.1, 0.15) is 32.7 Å². The lowest BCUT2D eigenvalue weighted by atomic mass is 9.81. The topological polar surface area (TPSA) is 89.8 Å². The zero-order valence-corrected chi connectivity index (χ0v) is 23.1. The standard InChI is InChI=1S/C29H29ClFN5O4/c1-4-20(37)34-10-11-35-25-21-24(40-19-13-29(19,35)14-34)22(30)23(16-7-5-6-8-17(16)31)32-26(21)36(27(38)33-25)18-9-12-39-15-28(18,2)3/h4-8,18-19H,1,9-15H2,2-3H3/t18-,19?,29?/m0/s1. The fourth-order valence-electron chi connectivity index (χ4n) is 6.69. The Hall–Kier alpha value is -3.50. The summed E-state index contributed by atoms with van der Waals surface area (Å²) in [6.45, 7) is 10.00. The van der Waals surface area contributed by atoms with Crippen molar-refractivity contribution in [2.24, 2.45) is 5.41 Å². The Morgan fingerprint density at radius 1 is 1.25 bits per heavy atom. The molecule has 2 aromatic heterocycles. The molecule has 11 heteroatoms. The van der Waals surface area contributed by atoms with E-state index in [1.165, 1.54) is 12.1 Å². The average molecular weight is 566 g/mol. The average Bonchev–Trinajstić information content (AvgIpc) is 3.62. The first-order valence-corrected chi connectivity index (χ1v) is 13.9. The molecule has 5 heterocycles. The van der Waals surface area contributed by atoms with Gasteiger partial charge in [-0.15, -0.1) is 0 Å². The SMILES string of the molecule is C=CC(=O)N1CCN2c3nc(=O)n([C@H]4CCOCC4(C)C)c4nc(-c5ccccc5F)c(Cl)c(c34)OC3CC32C1. The van der Waals surface area contributed by atoms with Gasteiger partial charge in [-0.25, -0.2) is 14.2 Å². The van der Waals surface area contributed by atoms with E-state index in [-0.39, 0.29) is 39.7 Å². The van der Waals surface area contributed by atoms with Crippen LogP contribution in [0.15, 0.2) is 41.7 Å². The molecule has 2 unspecified atom stereocenters. The van der Waals surface area contributed by atoms with Crippen LogP contribution in [0.4, 0.5) is 10.2 Å². The van der Waals surface area contributed by atoms with Gasteiger partial charge in [-0.2, -0.15) is 4.98 Å². The molecule has 3 aliphatic heterocycles. The highest BCUT2D eigenvalue weighted by Gasteiger charge is 2.65. The maximum Gasteiger partial charge on any atom is 0.351 e. The molecule has 7 rings (SSSR count). The number of piperazine rings is 1. The molecular formula is C29H29ClFN5O4. The van der Waals surface area contributed by atoms with Gasteiger partial charge in [0.15, 0.2) is 11.4 Å². The summed E-state index contributed by atoms with van der Waals surface area (Å²) in [5.74, 6) is 0.143. The largest absolute Gasteiger partial charge is 0.485 e. The third kappa shape index (κ3) is 3.55. The summed E-state index contributed by atoms with van der Waals surface area (Å²) in [6, 6.07) is 6.02. The lowest BCUT2D eigenvalue weighted by Gasteiger charge is -2.42. The van der Waals surface area contributed by atoms with E-state index in [0.29, 0.717) is 68.3 Å². The van der Waals surface area contributed by atoms with Crippen molar-refractivity contribution in [3.63, 3.8) is 0 Å². The smallest absolute Gasteiger partial charge is 0.351 e. The van der Waals surface area contributed by atoms with Crippen molar-refractivity contribution in [2.45, 2.75) is 44.4 Å². The predicted octanol–water partition coefficient (Wildman–Crippen LogP) is 3.98. The molecule has 1 saturated carbocycles. The lowest BCUT2D eigenvalue weighted by Crippen LogP contribution is -2.58. The van der Waals surface area contributed by atoms with Crippen molar-refractivity contribution in [1.82, 2.24) is 19.4 Å². The Balaban J connectivity index is 1.51. The number of amides is 1. The van der Waals surface area contributed by atoms with Crippen LogP contribution in [0.25, 0.3) is 22.3 Å². The monoisotopic (exact) mass is 565 g/mol. The van der Waals surface area contributed by atoms with Gasteiger partial charge in [0.2, 0.25) is 5.91 Å². The molecule has 3 fully saturated rings. The number of ether oxygens (including phenoxy) is 2. The number of rotatable bonds is 3. The van der Waals surface area contributed by atoms with Gasteiger partial charge in [0.25, 0.3) is 0 Å². The summed E-state index contributed by atoms with van der Waals surface area (Å²) in [5.41, 5.74) is -0.619. The van der Waals surface area contributed by atoms with E-state index in [1.807, 2.05) is 13.8 Å². The van der Waals surface area contributed by atoms with Crippen LogP contribution in [-0.4, -0.2) is 69.8 Å². The highest BCUT2D eigenvalue weighted by Crippen LogP contribution is 2.56. The quantitative estimate of drug-likeness (QED) is 0.444. The Morgan fingerprint density at radius 2 is 2.05 bits per heavy atom. The van der Waals surface area contributed by atoms with E-state index in [0.717, 1.165) is 0 Å². The second kappa shape index (κ2) is 8.75. The third-order valence-corrected chi connectivity index (χ3v) is 9.21. The highest BCUT2D eigenvalue weighted by molar-refractivity contribution is 6.36. The Bertz CT molecular complexity index is 1660. The van der Waals surface area contributed by atoms with Crippen LogP contribution in [0.2, 0.25) is 5.02 Å². The van der Waals surface area contributed by atoms with Crippen LogP contribution < -0.4 is 15.3 Å². The number of carbonyl (C=O) groups is 1. The van der Waals surface area contributed by atoms with Gasteiger partial charge in [0, 0.05) is 49.7 Å². The van der Waals surface area contributed by atoms with Crippen LogP contribution in [0.3, 0.4) is 0 Å². The van der Waals surface area contributed by atoms with Gasteiger partial charge in [0.1, 0.15) is 28.1 Å². The summed E-state index contributed by atoms with van der Waals surface area (Å²) in [4.78, 5) is 39.9. The van der Waals surface area contributed by atoms with Crippen molar-refractivity contribution < 1.29 is 18.7 Å². The molecule has 0 N–H and O–H groups in total. The molecule has 4 aliphatic rings. The molecule has 40 heavy (non-hydrogen) atoms. The van der Waals surface area contributed by atoms with Crippen LogP contribution in [-0.2, 0) is 9.53 Å². The van der Waals surface area contributed by atoms with E-state index in [2.05, 4.69) is 16.5 Å². The molecule has 1 aromatic carbocycles. The molecule has 1 spiro atoms. The minimum absolute atomic E-state index is 0.154. The number of anilines is 1. The minimum Gasteiger partial charge on any atom is -0.485 e. The first kappa shape index (κ1) is 25.5. The summed E-state index contributed by atoms with van der Waals surface area (Å²) in [5, 5.41) is 0.695. The zero-order chi connectivity index (χ0) is 28.0. The highest BCUT2D eigenvalue weighted by atomic mass is 35.5. The number of carbonyl (C=O) groups excluding carboxylic acids is 1. The van der Waals surface area contributed by atoms with Gasteiger partial charge in [-0.05, 0) is 24.6 Å². The molecule has 1 amide bonds. The van der Waals surface area contributed by atoms with Crippen LogP contribution in [0, 0.1) is 11.2 Å². The van der Waals surface area contributed by atoms with Gasteiger partial charge in [0.05, 0.1) is 17.8 Å². The molecule has 0 radical (unpaired) electrons. The minimum atomic E-state index is -0.562. The zero-order valence-electron chi connectivity index (χ0n) is 22.3. The van der Waals surface area contributed by atoms with Crippen molar-refractivity contribution in [1.29, 1.82) is 0 Å². The van der Waals surface area contributed by atoms with Gasteiger partial charge < -0.3 is 19.3 Å². The number of hydrogen-bond acceptors (Lipinski definition) is 7. The van der Waals surface area contributed by atoms with Gasteiger partial charge in [-0.3, -0.25) is 9.36 Å². The second-order valence-electron chi connectivity index (χ2n) is 11.7. The molecule has 9 nitrogen and oxygen atoms in total. The number of nitrogens with zero attached hydrogens (tertiary/aromatic N) is 5. The number of hydrogen-bond donors (Lipinski definition) is 0. The molecule has 3 atom stereocenters. The third-order valence-electron chi connectivity index (χ3n) is 8.86. The van der Waals surface area contributed by atoms with E-state index in [4.69, 9.17) is 26.1 Å². The second-order valence-corrected chi connectivity index (χ2v) is 12.1. The molecule has 1 aliphatic carbocycles. The van der Waals surface area contributed by atoms with Crippen molar-refractivity contribution >= 4 is 34.4 Å². The fraction of sp³-hybridized carbons (Fsp3) is 0.448. The summed E-state index contributed by atoms with van der Waals surface area (Å²) in [6.07, 6.45) is 2.22. The first-order valence-electron chi connectivity index (χ1n) is 13.5. The normalized spacial score (nSPS) is 26.4. The van der Waals surface area contributed by atoms with Gasteiger partial charge in [-0.1, -0.05) is 44.2 Å². The molecule has 2 saturated heterocycles. The number of aromatic nitrogens is 3. The number of pyridine rings is 1. The fourth-order valence-corrected chi connectivity index (χ4v) is 6.97. The van der Waals surface area contributed by atoms with Crippen LogP contribution >= 0.6 is 11.6 Å². The Morgan fingerprint density at radius 3 is 2.80 bits per heavy atom. The molecular weight excluding hydrogens is 537 g/mol. The van der Waals surface area contributed by atoms with Crippen molar-refractivity contribution in [2.75, 3.05) is 37.7 Å². The summed E-state index contributed by atoms with van der Waals surface area (Å²) < 4.78 is 29.1.